The number of carbonyl (C=O) groups is 1. The molecule has 0 spiro atoms. The van der Waals surface area contributed by atoms with Gasteiger partial charge in [0.2, 0.25) is 0 Å². The Balaban J connectivity index is 0.000000956. The first-order valence-corrected chi connectivity index (χ1v) is 7.13. The standard InChI is InChI=1S/C15H14ClNO.C2H6/c1-11-6-8-12(9-7-11)10-17-15(18)13-4-2-3-5-14(13)16;1-2/h2-9H,10H2,1H3,(H,17,18);1-2H3. The quantitative estimate of drug-likeness (QED) is 0.879. The van der Waals surface area contributed by atoms with Gasteiger partial charge in [0, 0.05) is 6.54 Å². The van der Waals surface area contributed by atoms with Gasteiger partial charge in [-0.25, -0.2) is 0 Å². The zero-order valence-electron chi connectivity index (χ0n) is 12.1. The smallest absolute Gasteiger partial charge is 0.253 e. The van der Waals surface area contributed by atoms with Crippen LogP contribution in [-0.2, 0) is 6.54 Å². The maximum Gasteiger partial charge on any atom is 0.253 e. The maximum absolute atomic E-state index is 11.9. The molecule has 1 amide bonds. The summed E-state index contributed by atoms with van der Waals surface area (Å²) in [5, 5.41) is 3.32. The largest absolute Gasteiger partial charge is 0.348 e. The van der Waals surface area contributed by atoms with Crippen molar-refractivity contribution in [3.63, 3.8) is 0 Å². The zero-order valence-corrected chi connectivity index (χ0v) is 12.9. The first-order valence-electron chi connectivity index (χ1n) is 6.75. The molecule has 0 saturated carbocycles. The van der Waals surface area contributed by atoms with Crippen molar-refractivity contribution in [1.82, 2.24) is 5.32 Å². The van der Waals surface area contributed by atoms with Gasteiger partial charge in [0.05, 0.1) is 10.6 Å². The van der Waals surface area contributed by atoms with E-state index < -0.39 is 0 Å². The Kier molecular flexibility index (Phi) is 6.82. The molecule has 2 aromatic carbocycles. The minimum atomic E-state index is -0.152. The topological polar surface area (TPSA) is 29.1 Å². The number of aryl methyl sites for hydroxylation is 1. The Morgan fingerprint density at radius 1 is 1.05 bits per heavy atom. The number of carbonyl (C=O) groups excluding carboxylic acids is 1. The van der Waals surface area contributed by atoms with Crippen LogP contribution in [0.5, 0.6) is 0 Å². The summed E-state index contributed by atoms with van der Waals surface area (Å²) in [4.78, 5) is 11.9. The Bertz CT molecular complexity index is 549. The van der Waals surface area contributed by atoms with Crippen molar-refractivity contribution in [3.05, 3.63) is 70.2 Å². The van der Waals surface area contributed by atoms with E-state index in [1.54, 1.807) is 24.3 Å². The maximum atomic E-state index is 11.9. The van der Waals surface area contributed by atoms with E-state index in [1.807, 2.05) is 45.0 Å². The molecule has 0 bridgehead atoms. The molecule has 0 atom stereocenters. The fourth-order valence-corrected chi connectivity index (χ4v) is 1.85. The molecule has 2 aromatic rings. The third-order valence-electron chi connectivity index (χ3n) is 2.69. The highest BCUT2D eigenvalue weighted by molar-refractivity contribution is 6.33. The van der Waals surface area contributed by atoms with Crippen LogP contribution in [0.3, 0.4) is 0 Å². The lowest BCUT2D eigenvalue weighted by atomic mass is 10.1. The van der Waals surface area contributed by atoms with Crippen molar-refractivity contribution in [2.75, 3.05) is 0 Å². The van der Waals surface area contributed by atoms with Gasteiger partial charge in [0.25, 0.3) is 5.91 Å². The van der Waals surface area contributed by atoms with E-state index in [0.717, 1.165) is 5.56 Å². The highest BCUT2D eigenvalue weighted by Crippen LogP contribution is 2.14. The second-order valence-corrected chi connectivity index (χ2v) is 4.56. The number of nitrogens with one attached hydrogen (secondary N) is 1. The fourth-order valence-electron chi connectivity index (χ4n) is 1.63. The van der Waals surface area contributed by atoms with Crippen molar-refractivity contribution in [1.29, 1.82) is 0 Å². The number of hydrogen-bond acceptors (Lipinski definition) is 1. The van der Waals surface area contributed by atoms with Crippen LogP contribution in [0.2, 0.25) is 5.02 Å². The van der Waals surface area contributed by atoms with E-state index in [0.29, 0.717) is 17.1 Å². The van der Waals surface area contributed by atoms with Gasteiger partial charge < -0.3 is 5.32 Å². The van der Waals surface area contributed by atoms with Crippen LogP contribution in [-0.4, -0.2) is 5.91 Å². The molecular weight excluding hydrogens is 270 g/mol. The highest BCUT2D eigenvalue weighted by atomic mass is 35.5. The Morgan fingerprint density at radius 3 is 2.25 bits per heavy atom. The summed E-state index contributed by atoms with van der Waals surface area (Å²) in [6.07, 6.45) is 0. The van der Waals surface area contributed by atoms with Crippen molar-refractivity contribution in [2.24, 2.45) is 0 Å². The first kappa shape index (κ1) is 16.3. The van der Waals surface area contributed by atoms with Crippen molar-refractivity contribution in [3.8, 4) is 0 Å². The summed E-state index contributed by atoms with van der Waals surface area (Å²) in [6.45, 7) is 6.54. The van der Waals surface area contributed by atoms with Gasteiger partial charge in [-0.1, -0.05) is 67.4 Å². The molecule has 0 unspecified atom stereocenters. The van der Waals surface area contributed by atoms with Crippen LogP contribution >= 0.6 is 11.6 Å². The molecule has 0 saturated heterocycles. The Morgan fingerprint density at radius 2 is 1.65 bits per heavy atom. The molecule has 106 valence electrons. The van der Waals surface area contributed by atoms with Gasteiger partial charge in [0.15, 0.2) is 0 Å². The van der Waals surface area contributed by atoms with Gasteiger partial charge in [-0.2, -0.15) is 0 Å². The van der Waals surface area contributed by atoms with E-state index in [-0.39, 0.29) is 5.91 Å². The van der Waals surface area contributed by atoms with Crippen LogP contribution in [0, 0.1) is 6.92 Å². The molecule has 2 rings (SSSR count). The monoisotopic (exact) mass is 289 g/mol. The molecule has 20 heavy (non-hydrogen) atoms. The summed E-state index contributed by atoms with van der Waals surface area (Å²) in [5.74, 6) is -0.152. The summed E-state index contributed by atoms with van der Waals surface area (Å²) in [7, 11) is 0. The average Bonchev–Trinajstić information content (AvgIpc) is 2.49. The highest BCUT2D eigenvalue weighted by Gasteiger charge is 2.08. The van der Waals surface area contributed by atoms with E-state index in [2.05, 4.69) is 5.32 Å². The van der Waals surface area contributed by atoms with E-state index in [4.69, 9.17) is 11.6 Å². The summed E-state index contributed by atoms with van der Waals surface area (Å²) in [5.41, 5.74) is 2.78. The fraction of sp³-hybridized carbons (Fsp3) is 0.235. The van der Waals surface area contributed by atoms with Gasteiger partial charge in [0.1, 0.15) is 0 Å². The van der Waals surface area contributed by atoms with Crippen molar-refractivity contribution in [2.45, 2.75) is 27.3 Å². The molecule has 1 N–H and O–H groups in total. The molecule has 0 aliphatic heterocycles. The predicted octanol–water partition coefficient (Wildman–Crippen LogP) is 4.60. The Labute approximate surface area is 125 Å². The lowest BCUT2D eigenvalue weighted by Crippen LogP contribution is -2.23. The van der Waals surface area contributed by atoms with Crippen LogP contribution < -0.4 is 5.32 Å². The minimum absolute atomic E-state index is 0.152. The SMILES string of the molecule is CC.Cc1ccc(CNC(=O)c2ccccc2Cl)cc1. The number of amides is 1. The van der Waals surface area contributed by atoms with Crippen LogP contribution in [0.25, 0.3) is 0 Å². The van der Waals surface area contributed by atoms with Crippen LogP contribution in [0.4, 0.5) is 0 Å². The van der Waals surface area contributed by atoms with Gasteiger partial charge in [-0.05, 0) is 24.6 Å². The molecule has 3 heteroatoms. The normalized spacial score (nSPS) is 9.40. The predicted molar refractivity (Wildman–Crippen MR) is 85.1 cm³/mol. The summed E-state index contributed by atoms with van der Waals surface area (Å²) < 4.78 is 0. The van der Waals surface area contributed by atoms with E-state index >= 15 is 0 Å². The molecule has 0 aliphatic rings. The van der Waals surface area contributed by atoms with Gasteiger partial charge >= 0.3 is 0 Å². The summed E-state index contributed by atoms with van der Waals surface area (Å²) >= 11 is 5.96. The number of halogens is 1. The molecular formula is C17H20ClNO. The van der Waals surface area contributed by atoms with Crippen LogP contribution in [0.15, 0.2) is 48.5 Å². The molecule has 0 heterocycles. The van der Waals surface area contributed by atoms with E-state index in [9.17, 15) is 4.79 Å². The minimum Gasteiger partial charge on any atom is -0.348 e. The lowest BCUT2D eigenvalue weighted by Gasteiger charge is -2.07. The molecule has 0 radical (unpaired) electrons. The van der Waals surface area contributed by atoms with E-state index in [1.165, 1.54) is 5.56 Å². The van der Waals surface area contributed by atoms with Crippen molar-refractivity contribution >= 4 is 17.5 Å². The molecule has 0 aliphatic carbocycles. The number of benzene rings is 2. The Hall–Kier alpha value is -1.80. The average molecular weight is 290 g/mol. The summed E-state index contributed by atoms with van der Waals surface area (Å²) in [6, 6.07) is 15.1. The number of rotatable bonds is 3. The molecule has 2 nitrogen and oxygen atoms in total. The second kappa shape index (κ2) is 8.39. The van der Waals surface area contributed by atoms with Crippen LogP contribution in [0.1, 0.15) is 35.3 Å². The third kappa shape index (κ3) is 4.71. The van der Waals surface area contributed by atoms with Gasteiger partial charge in [-0.3, -0.25) is 4.79 Å². The lowest BCUT2D eigenvalue weighted by molar-refractivity contribution is 0.0951. The molecule has 0 aromatic heterocycles. The second-order valence-electron chi connectivity index (χ2n) is 4.15. The molecule has 0 fully saturated rings. The first-order chi connectivity index (χ1) is 9.66. The number of hydrogen-bond donors (Lipinski definition) is 1. The van der Waals surface area contributed by atoms with Crippen molar-refractivity contribution < 1.29 is 4.79 Å². The third-order valence-corrected chi connectivity index (χ3v) is 3.02. The zero-order chi connectivity index (χ0) is 15.0. The van der Waals surface area contributed by atoms with Gasteiger partial charge in [-0.15, -0.1) is 0 Å².